The van der Waals surface area contributed by atoms with Crippen LogP contribution in [0.4, 0.5) is 11.5 Å². The zero-order valence-corrected chi connectivity index (χ0v) is 13.8. The maximum atomic E-state index is 12.2. The molecule has 0 radical (unpaired) electrons. The van der Waals surface area contributed by atoms with Crippen LogP contribution in [0.5, 0.6) is 0 Å². The fourth-order valence-electron chi connectivity index (χ4n) is 1.78. The molecule has 0 aliphatic rings. The number of carbonyl (C=O) groups is 2. The van der Waals surface area contributed by atoms with Gasteiger partial charge in [-0.05, 0) is 31.2 Å². The molecule has 0 fully saturated rings. The summed E-state index contributed by atoms with van der Waals surface area (Å²) in [5.74, 6) is -0.642. The minimum atomic E-state index is -0.518. The Hall–Kier alpha value is -2.81. The molecule has 126 valence electrons. The summed E-state index contributed by atoms with van der Waals surface area (Å²) >= 11 is 1.08. The summed E-state index contributed by atoms with van der Waals surface area (Å²) in [7, 11) is 1.30. The number of esters is 1. The molecule has 1 atom stereocenters. The highest BCUT2D eigenvalue weighted by Crippen LogP contribution is 2.20. The lowest BCUT2D eigenvalue weighted by Crippen LogP contribution is -2.23. The first kappa shape index (κ1) is 17.5. The minimum Gasteiger partial charge on any atom is -0.465 e. The molecular formula is C15H16N4O4S. The van der Waals surface area contributed by atoms with Crippen LogP contribution >= 0.6 is 11.8 Å². The van der Waals surface area contributed by atoms with Crippen molar-refractivity contribution in [2.75, 3.05) is 18.2 Å². The third-order valence-corrected chi connectivity index (χ3v) is 3.96. The zero-order valence-electron chi connectivity index (χ0n) is 13.0. The highest BCUT2D eigenvalue weighted by atomic mass is 32.2. The van der Waals surface area contributed by atoms with Gasteiger partial charge in [0.2, 0.25) is 5.91 Å². The summed E-state index contributed by atoms with van der Waals surface area (Å²) in [6, 6.07) is 7.47. The number of carbonyl (C=O) groups excluding carboxylic acids is 2. The van der Waals surface area contributed by atoms with E-state index in [0.29, 0.717) is 11.3 Å². The third-order valence-electron chi connectivity index (χ3n) is 2.97. The number of hydrogen-bond acceptors (Lipinski definition) is 7. The van der Waals surface area contributed by atoms with Crippen LogP contribution in [-0.4, -0.2) is 34.2 Å². The van der Waals surface area contributed by atoms with Gasteiger partial charge in [0, 0.05) is 11.8 Å². The molecule has 4 N–H and O–H groups in total. The summed E-state index contributed by atoms with van der Waals surface area (Å²) in [5, 5.41) is 2.46. The highest BCUT2D eigenvalue weighted by Gasteiger charge is 2.16. The Morgan fingerprint density at radius 1 is 1.33 bits per heavy atom. The van der Waals surface area contributed by atoms with Crippen LogP contribution in [-0.2, 0) is 9.53 Å². The number of H-pyrrole nitrogens is 1. The summed E-state index contributed by atoms with van der Waals surface area (Å²) in [6.07, 6.45) is 0. The molecule has 2 aromatic rings. The van der Waals surface area contributed by atoms with Crippen LogP contribution in [0.15, 0.2) is 40.3 Å². The molecule has 1 aromatic carbocycles. The lowest BCUT2D eigenvalue weighted by Gasteiger charge is -2.11. The van der Waals surface area contributed by atoms with Crippen LogP contribution in [0.1, 0.15) is 17.3 Å². The smallest absolute Gasteiger partial charge is 0.337 e. The van der Waals surface area contributed by atoms with Gasteiger partial charge in [-0.15, -0.1) is 0 Å². The Bertz CT molecular complexity index is 804. The van der Waals surface area contributed by atoms with Gasteiger partial charge in [0.05, 0.1) is 17.9 Å². The van der Waals surface area contributed by atoms with Crippen LogP contribution in [0.2, 0.25) is 0 Å². The molecule has 24 heavy (non-hydrogen) atoms. The molecule has 0 aliphatic carbocycles. The molecular weight excluding hydrogens is 332 g/mol. The summed E-state index contributed by atoms with van der Waals surface area (Å²) in [4.78, 5) is 41.3. The topological polar surface area (TPSA) is 127 Å². The molecule has 1 unspecified atom stereocenters. The van der Waals surface area contributed by atoms with Crippen molar-refractivity contribution in [1.82, 2.24) is 9.97 Å². The lowest BCUT2D eigenvalue weighted by molar-refractivity contribution is -0.115. The molecule has 9 heteroatoms. The van der Waals surface area contributed by atoms with E-state index in [9.17, 15) is 14.4 Å². The minimum absolute atomic E-state index is 0.0901. The van der Waals surface area contributed by atoms with E-state index in [1.807, 2.05) is 0 Å². The van der Waals surface area contributed by atoms with Crippen molar-refractivity contribution in [3.8, 4) is 0 Å². The van der Waals surface area contributed by atoms with E-state index in [4.69, 9.17) is 5.73 Å². The monoisotopic (exact) mass is 348 g/mol. The number of aromatic amines is 1. The average molecular weight is 348 g/mol. The number of benzene rings is 1. The Kier molecular flexibility index (Phi) is 5.59. The van der Waals surface area contributed by atoms with Crippen molar-refractivity contribution in [2.24, 2.45) is 0 Å². The Morgan fingerprint density at radius 3 is 2.58 bits per heavy atom. The van der Waals surface area contributed by atoms with Crippen molar-refractivity contribution in [2.45, 2.75) is 17.3 Å². The predicted octanol–water partition coefficient (Wildman–Crippen LogP) is 1.26. The van der Waals surface area contributed by atoms with Crippen molar-refractivity contribution in [1.29, 1.82) is 0 Å². The van der Waals surface area contributed by atoms with Gasteiger partial charge in [0.25, 0.3) is 5.56 Å². The zero-order chi connectivity index (χ0) is 17.7. The number of aromatic nitrogens is 2. The Balaban J connectivity index is 2.00. The number of nitrogen functional groups attached to an aromatic ring is 1. The first-order valence-corrected chi connectivity index (χ1v) is 7.79. The van der Waals surface area contributed by atoms with Crippen LogP contribution < -0.4 is 16.6 Å². The van der Waals surface area contributed by atoms with E-state index in [2.05, 4.69) is 20.0 Å². The predicted molar refractivity (Wildman–Crippen MR) is 91.0 cm³/mol. The Labute approximate surface area is 141 Å². The quantitative estimate of drug-likeness (QED) is 0.421. The van der Waals surface area contributed by atoms with Gasteiger partial charge in [-0.3, -0.25) is 9.59 Å². The summed E-state index contributed by atoms with van der Waals surface area (Å²) in [6.45, 7) is 1.67. The average Bonchev–Trinajstić information content (AvgIpc) is 2.53. The van der Waals surface area contributed by atoms with E-state index >= 15 is 0 Å². The van der Waals surface area contributed by atoms with Gasteiger partial charge < -0.3 is 20.8 Å². The first-order valence-electron chi connectivity index (χ1n) is 6.92. The van der Waals surface area contributed by atoms with Gasteiger partial charge in [0.15, 0.2) is 5.16 Å². The molecule has 0 spiro atoms. The van der Waals surface area contributed by atoms with E-state index in [0.717, 1.165) is 17.8 Å². The second kappa shape index (κ2) is 7.64. The largest absolute Gasteiger partial charge is 0.465 e. The lowest BCUT2D eigenvalue weighted by atomic mass is 10.2. The Morgan fingerprint density at radius 2 is 2.00 bits per heavy atom. The number of nitrogens with one attached hydrogen (secondary N) is 2. The van der Waals surface area contributed by atoms with Crippen LogP contribution in [0.3, 0.4) is 0 Å². The van der Waals surface area contributed by atoms with Crippen molar-refractivity contribution in [3.63, 3.8) is 0 Å². The van der Waals surface area contributed by atoms with Gasteiger partial charge >= 0.3 is 5.97 Å². The van der Waals surface area contributed by atoms with Crippen molar-refractivity contribution in [3.05, 3.63) is 46.2 Å². The molecule has 0 bridgehead atoms. The van der Waals surface area contributed by atoms with Crippen molar-refractivity contribution < 1.29 is 14.3 Å². The fourth-order valence-corrected chi connectivity index (χ4v) is 2.60. The molecule has 1 heterocycles. The number of amides is 1. The second-order valence-electron chi connectivity index (χ2n) is 4.79. The van der Waals surface area contributed by atoms with Gasteiger partial charge in [0.1, 0.15) is 5.82 Å². The highest BCUT2D eigenvalue weighted by molar-refractivity contribution is 8.00. The third kappa shape index (κ3) is 4.59. The van der Waals surface area contributed by atoms with Gasteiger partial charge in [-0.25, -0.2) is 9.78 Å². The fraction of sp³-hybridized carbons (Fsp3) is 0.200. The molecule has 0 aliphatic heterocycles. The van der Waals surface area contributed by atoms with Crippen LogP contribution in [0.25, 0.3) is 0 Å². The van der Waals surface area contributed by atoms with Crippen molar-refractivity contribution >= 4 is 35.1 Å². The SMILES string of the molecule is COC(=O)c1ccc(NC(=O)C(C)Sc2nc(N)cc(=O)[nH]2)cc1. The molecule has 8 nitrogen and oxygen atoms in total. The number of nitrogens with zero attached hydrogens (tertiary/aromatic N) is 1. The van der Waals surface area contributed by atoms with E-state index in [1.54, 1.807) is 31.2 Å². The maximum Gasteiger partial charge on any atom is 0.337 e. The second-order valence-corrected chi connectivity index (χ2v) is 6.12. The summed E-state index contributed by atoms with van der Waals surface area (Å²) in [5.41, 5.74) is 6.05. The number of nitrogens with two attached hydrogens (primary N) is 1. The van der Waals surface area contributed by atoms with E-state index in [-0.39, 0.29) is 22.4 Å². The summed E-state index contributed by atoms with van der Waals surface area (Å²) < 4.78 is 4.61. The molecule has 1 aromatic heterocycles. The number of anilines is 2. The number of rotatable bonds is 5. The standard InChI is InChI=1S/C15H16N4O4S/c1-8(24-15-18-11(16)7-12(20)19-15)13(21)17-10-5-3-9(4-6-10)14(22)23-2/h3-8H,1-2H3,(H,17,21)(H3,16,18,19,20). The molecule has 0 saturated carbocycles. The van der Waals surface area contributed by atoms with Crippen LogP contribution in [0, 0.1) is 0 Å². The molecule has 0 saturated heterocycles. The van der Waals surface area contributed by atoms with E-state index in [1.165, 1.54) is 7.11 Å². The molecule has 2 rings (SSSR count). The molecule has 1 amide bonds. The number of thioether (sulfide) groups is 1. The normalized spacial score (nSPS) is 11.6. The number of methoxy groups -OCH3 is 1. The number of hydrogen-bond donors (Lipinski definition) is 3. The van der Waals surface area contributed by atoms with Gasteiger partial charge in [-0.1, -0.05) is 11.8 Å². The van der Waals surface area contributed by atoms with E-state index < -0.39 is 11.2 Å². The maximum absolute atomic E-state index is 12.2. The number of ether oxygens (including phenoxy) is 1. The van der Waals surface area contributed by atoms with Gasteiger partial charge in [-0.2, -0.15) is 0 Å². The first-order chi connectivity index (χ1) is 11.4.